The first-order valence-electron chi connectivity index (χ1n) is 3.27. The molecule has 0 unspecified atom stereocenters. The van der Waals surface area contributed by atoms with Crippen molar-refractivity contribution in [2.75, 3.05) is 0 Å². The molecule has 72 valence electrons. The van der Waals surface area contributed by atoms with Crippen LogP contribution in [0.5, 0.6) is 0 Å². The summed E-state index contributed by atoms with van der Waals surface area (Å²) in [6.07, 6.45) is 0. The summed E-state index contributed by atoms with van der Waals surface area (Å²) in [5.74, 6) is -0.521. The highest BCUT2D eigenvalue weighted by Gasteiger charge is 2.10. The Kier molecular flexibility index (Phi) is 3.18. The van der Waals surface area contributed by atoms with E-state index in [2.05, 4.69) is 0 Å². The molecule has 1 N–H and O–H groups in total. The fourth-order valence-electron chi connectivity index (χ4n) is 0.850. The Balaban J connectivity index is 3.08. The molecule has 0 spiro atoms. The zero-order valence-electron chi connectivity index (χ0n) is 6.37. The normalized spacial score (nSPS) is 11.6. The topological polar surface area (TPSA) is 54.4 Å². The molecule has 1 rings (SSSR count). The number of hydrogen-bond acceptors (Lipinski definition) is 2. The average Bonchev–Trinajstić information content (AvgIpc) is 1.94. The largest absolute Gasteiger partial charge is 0.285 e. The van der Waals surface area contributed by atoms with Gasteiger partial charge in [0.15, 0.2) is 0 Å². The van der Waals surface area contributed by atoms with E-state index in [9.17, 15) is 8.42 Å². The van der Waals surface area contributed by atoms with Gasteiger partial charge in [-0.3, -0.25) is 4.55 Å². The predicted molar refractivity (Wildman–Crippen MR) is 51.7 cm³/mol. The molecule has 0 bridgehead atoms. The standard InChI is InChI=1S/C7H6Cl2O3S/c8-6-1-2-7(9)5(3-6)4-13(10,11)12/h1-3H,4H2,(H,10,11,12). The van der Waals surface area contributed by atoms with Crippen molar-refractivity contribution < 1.29 is 13.0 Å². The van der Waals surface area contributed by atoms with Gasteiger partial charge in [0, 0.05) is 10.0 Å². The summed E-state index contributed by atoms with van der Waals surface area (Å²) >= 11 is 11.3. The molecule has 0 aliphatic carbocycles. The summed E-state index contributed by atoms with van der Waals surface area (Å²) < 4.78 is 29.6. The Morgan fingerprint density at radius 2 is 1.92 bits per heavy atom. The lowest BCUT2D eigenvalue weighted by molar-refractivity contribution is 0.482. The predicted octanol–water partition coefficient (Wildman–Crippen LogP) is 2.38. The highest BCUT2D eigenvalue weighted by molar-refractivity contribution is 7.85. The first-order chi connectivity index (χ1) is 5.88. The van der Waals surface area contributed by atoms with Crippen molar-refractivity contribution in [1.82, 2.24) is 0 Å². The number of hydrogen-bond donors (Lipinski definition) is 1. The summed E-state index contributed by atoms with van der Waals surface area (Å²) in [4.78, 5) is 0. The lowest BCUT2D eigenvalue weighted by atomic mass is 10.2. The van der Waals surface area contributed by atoms with Crippen LogP contribution in [0.1, 0.15) is 5.56 Å². The maximum absolute atomic E-state index is 10.5. The number of rotatable bonds is 2. The molecular formula is C7H6Cl2O3S. The molecule has 0 aromatic heterocycles. The summed E-state index contributed by atoms with van der Waals surface area (Å²) in [6.45, 7) is 0. The summed E-state index contributed by atoms with van der Waals surface area (Å²) in [7, 11) is -4.06. The van der Waals surface area contributed by atoms with Gasteiger partial charge in [0.2, 0.25) is 0 Å². The second kappa shape index (κ2) is 3.84. The Hall–Kier alpha value is -0.290. The third-order valence-corrected chi connectivity index (χ3v) is 2.63. The zero-order valence-corrected chi connectivity index (χ0v) is 8.70. The summed E-state index contributed by atoms with van der Waals surface area (Å²) in [6, 6.07) is 4.42. The first-order valence-corrected chi connectivity index (χ1v) is 5.64. The van der Waals surface area contributed by atoms with Crippen LogP contribution < -0.4 is 0 Å². The van der Waals surface area contributed by atoms with Crippen LogP contribution in [0.25, 0.3) is 0 Å². The van der Waals surface area contributed by atoms with Crippen LogP contribution in [-0.2, 0) is 15.9 Å². The Morgan fingerprint density at radius 3 is 2.46 bits per heavy atom. The number of halogens is 2. The van der Waals surface area contributed by atoms with Crippen molar-refractivity contribution >= 4 is 33.3 Å². The van der Waals surface area contributed by atoms with Crippen LogP contribution in [0.3, 0.4) is 0 Å². The molecule has 0 saturated heterocycles. The lowest BCUT2D eigenvalue weighted by Gasteiger charge is -2.01. The van der Waals surface area contributed by atoms with Gasteiger partial charge in [0.05, 0.1) is 0 Å². The molecule has 0 atom stereocenters. The Labute approximate surface area is 86.0 Å². The lowest BCUT2D eigenvalue weighted by Crippen LogP contribution is -2.01. The van der Waals surface area contributed by atoms with E-state index in [1.54, 1.807) is 0 Å². The van der Waals surface area contributed by atoms with Crippen LogP contribution >= 0.6 is 23.2 Å². The second-order valence-corrected chi connectivity index (χ2v) is 4.76. The van der Waals surface area contributed by atoms with Gasteiger partial charge >= 0.3 is 0 Å². The molecule has 3 nitrogen and oxygen atoms in total. The summed E-state index contributed by atoms with van der Waals surface area (Å²) in [5.41, 5.74) is 0.289. The zero-order chi connectivity index (χ0) is 10.1. The van der Waals surface area contributed by atoms with Gasteiger partial charge in [-0.05, 0) is 23.8 Å². The van der Waals surface area contributed by atoms with Gasteiger partial charge in [-0.25, -0.2) is 0 Å². The van der Waals surface area contributed by atoms with Crippen LogP contribution in [0.2, 0.25) is 10.0 Å². The van der Waals surface area contributed by atoms with Crippen molar-refractivity contribution in [3.05, 3.63) is 33.8 Å². The van der Waals surface area contributed by atoms with E-state index in [1.165, 1.54) is 18.2 Å². The fourth-order valence-corrected chi connectivity index (χ4v) is 1.94. The third-order valence-electron chi connectivity index (χ3n) is 1.35. The van der Waals surface area contributed by atoms with Gasteiger partial charge < -0.3 is 0 Å². The quantitative estimate of drug-likeness (QED) is 0.808. The maximum Gasteiger partial charge on any atom is 0.269 e. The van der Waals surface area contributed by atoms with Crippen molar-refractivity contribution in [1.29, 1.82) is 0 Å². The average molecular weight is 241 g/mol. The van der Waals surface area contributed by atoms with E-state index in [-0.39, 0.29) is 10.6 Å². The van der Waals surface area contributed by atoms with Gasteiger partial charge in [-0.1, -0.05) is 23.2 Å². The second-order valence-electron chi connectivity index (χ2n) is 2.46. The van der Waals surface area contributed by atoms with E-state index in [1.807, 2.05) is 0 Å². The smallest absolute Gasteiger partial charge is 0.269 e. The molecule has 0 aliphatic rings. The molecule has 6 heteroatoms. The highest BCUT2D eigenvalue weighted by Crippen LogP contribution is 2.22. The summed E-state index contributed by atoms with van der Waals surface area (Å²) in [5, 5.41) is 0.644. The molecule has 0 heterocycles. The molecule has 13 heavy (non-hydrogen) atoms. The molecule has 1 aromatic carbocycles. The van der Waals surface area contributed by atoms with Crippen LogP contribution in [-0.4, -0.2) is 13.0 Å². The molecular weight excluding hydrogens is 235 g/mol. The van der Waals surface area contributed by atoms with Crippen LogP contribution in [0.4, 0.5) is 0 Å². The van der Waals surface area contributed by atoms with E-state index in [4.69, 9.17) is 27.8 Å². The van der Waals surface area contributed by atoms with Gasteiger partial charge in [0.1, 0.15) is 5.75 Å². The molecule has 0 amide bonds. The van der Waals surface area contributed by atoms with Gasteiger partial charge in [-0.15, -0.1) is 0 Å². The minimum absolute atomic E-state index is 0.266. The minimum atomic E-state index is -4.06. The van der Waals surface area contributed by atoms with Gasteiger partial charge in [-0.2, -0.15) is 8.42 Å². The van der Waals surface area contributed by atoms with Crippen molar-refractivity contribution in [3.8, 4) is 0 Å². The SMILES string of the molecule is O=S(=O)(O)Cc1cc(Cl)ccc1Cl. The first kappa shape index (κ1) is 10.8. The van der Waals surface area contributed by atoms with Crippen LogP contribution in [0.15, 0.2) is 18.2 Å². The molecule has 0 radical (unpaired) electrons. The van der Waals surface area contributed by atoms with E-state index in [0.717, 1.165) is 0 Å². The maximum atomic E-state index is 10.5. The molecule has 0 fully saturated rings. The van der Waals surface area contributed by atoms with Gasteiger partial charge in [0.25, 0.3) is 10.1 Å². The minimum Gasteiger partial charge on any atom is -0.285 e. The Bertz CT molecular complexity index is 414. The van der Waals surface area contributed by atoms with E-state index >= 15 is 0 Å². The Morgan fingerprint density at radius 1 is 1.31 bits per heavy atom. The van der Waals surface area contributed by atoms with E-state index in [0.29, 0.717) is 5.02 Å². The molecule has 0 aliphatic heterocycles. The third kappa shape index (κ3) is 3.52. The van der Waals surface area contributed by atoms with E-state index < -0.39 is 15.9 Å². The molecule has 0 saturated carbocycles. The van der Waals surface area contributed by atoms with Crippen LogP contribution in [0, 0.1) is 0 Å². The van der Waals surface area contributed by atoms with Crippen molar-refractivity contribution in [2.45, 2.75) is 5.75 Å². The fraction of sp³-hybridized carbons (Fsp3) is 0.143. The number of benzene rings is 1. The highest BCUT2D eigenvalue weighted by atomic mass is 35.5. The van der Waals surface area contributed by atoms with Crippen molar-refractivity contribution in [2.24, 2.45) is 0 Å². The monoisotopic (exact) mass is 240 g/mol. The van der Waals surface area contributed by atoms with Crippen molar-refractivity contribution in [3.63, 3.8) is 0 Å². The molecule has 1 aromatic rings.